The van der Waals surface area contributed by atoms with Gasteiger partial charge >= 0.3 is 28.4 Å². The zero-order valence-electron chi connectivity index (χ0n) is 56.3. The van der Waals surface area contributed by atoms with Crippen LogP contribution in [0.3, 0.4) is 0 Å². The van der Waals surface area contributed by atoms with Crippen molar-refractivity contribution in [3.05, 3.63) is 142 Å². The monoisotopic (exact) mass is 1440 g/mol. The molecular formula is C65H77BrCuFN14O10S2. The van der Waals surface area contributed by atoms with Crippen molar-refractivity contribution < 1.29 is 51.4 Å². The van der Waals surface area contributed by atoms with E-state index >= 15 is 0 Å². The van der Waals surface area contributed by atoms with E-state index in [2.05, 4.69) is 54.5 Å². The molecule has 8 rings (SSSR count). The van der Waals surface area contributed by atoms with E-state index in [1.54, 1.807) is 101 Å². The molecule has 0 aliphatic heterocycles. The Morgan fingerprint density at radius 1 is 0.649 bits per heavy atom. The first-order valence-corrected chi connectivity index (χ1v) is 31.6. The maximum atomic E-state index is 14.5. The number of hydrogen-bond acceptors (Lipinski definition) is 20. The number of ketones is 2. The molecule has 0 fully saturated rings. The fourth-order valence-electron chi connectivity index (χ4n) is 10.00. The Morgan fingerprint density at radius 3 is 1.33 bits per heavy atom. The Morgan fingerprint density at radius 2 is 1.00 bits per heavy atom. The van der Waals surface area contributed by atoms with Gasteiger partial charge < -0.3 is 30.8 Å². The number of carbonyl (C=O) groups is 2. The van der Waals surface area contributed by atoms with Crippen LogP contribution in [0, 0.1) is 82.3 Å². The van der Waals surface area contributed by atoms with Crippen molar-refractivity contribution in [3.63, 3.8) is 0 Å². The van der Waals surface area contributed by atoms with Crippen molar-refractivity contribution in [3.8, 4) is 39.7 Å². The summed E-state index contributed by atoms with van der Waals surface area (Å²) in [6.07, 6.45) is 4.80. The van der Waals surface area contributed by atoms with Gasteiger partial charge in [0.1, 0.15) is 54.4 Å². The van der Waals surface area contributed by atoms with Crippen molar-refractivity contribution in [2.75, 3.05) is 34.6 Å². The Labute approximate surface area is 572 Å². The van der Waals surface area contributed by atoms with Crippen LogP contribution >= 0.6 is 38.6 Å². The van der Waals surface area contributed by atoms with Crippen molar-refractivity contribution in [1.82, 2.24) is 48.3 Å². The van der Waals surface area contributed by atoms with Gasteiger partial charge in [-0.15, -0.1) is 9.59 Å². The van der Waals surface area contributed by atoms with Gasteiger partial charge in [-0.05, 0) is 117 Å². The Kier molecular flexibility index (Phi) is 26.6. The number of benzene rings is 2. The summed E-state index contributed by atoms with van der Waals surface area (Å²) in [5.41, 5.74) is -4.46. The second-order valence-electron chi connectivity index (χ2n) is 24.8. The first kappa shape index (κ1) is 76.5. The second-order valence-corrected chi connectivity index (χ2v) is 27.7. The maximum Gasteiger partial charge on any atom is 1.00 e. The number of aryl methyl sites for hydroxylation is 2. The number of ether oxygens (including phenoxy) is 4. The Hall–Kier alpha value is -8.25. The molecule has 24 nitrogen and oxygen atoms in total. The zero-order valence-corrected chi connectivity index (χ0v) is 59.4. The van der Waals surface area contributed by atoms with Crippen LogP contribution in [0.2, 0.25) is 0 Å². The molecule has 0 aliphatic rings. The number of hydrogen-bond donors (Lipinski definition) is 0. The summed E-state index contributed by atoms with van der Waals surface area (Å²) < 4.78 is 45.3. The van der Waals surface area contributed by atoms with Gasteiger partial charge in [-0.2, -0.15) is 36.2 Å². The standard InChI is InChI=1S/C32H37N7O5S.C31H37BrN6O5S.CH3F.CN.Cu/c1-19(2)13-25(40)32(6,7)38-27(41)26-20(3)28(39-35-11-12-36-39)45-29(26)37(30(38)42)16-24(44-18-31(4,5)17-34)22-14-21(15-33)9-10-23(22)43-8;1-18(2)13-24(39)31(6,7)37-26(40)25-19(3)27(38-34-11-12-35-38)44-28(25)36(29(37)41)15-23(43-17-30(4,5)16-33)21-14-20(32)9-10-22(21)42-8;2*1-2;/h9-12,14,19,24H,13,16,18H2,1-8H3;9-12,14,18,23H,13,15,17H2,1-8H3;1H3;;/q;;;-1;+1/t24-;23-;;;/m00.../s1/i;;1D;;. The molecule has 2 atom stereocenters. The van der Waals surface area contributed by atoms with Gasteiger partial charge in [0.05, 0.1) is 119 Å². The number of carbonyl (C=O) groups excluding carboxylic acids is 2. The summed E-state index contributed by atoms with van der Waals surface area (Å²) in [5.74, 6) is 0.520. The molecule has 2 aromatic carbocycles. The number of halogens is 2. The number of thiophene rings is 2. The summed E-state index contributed by atoms with van der Waals surface area (Å²) in [7, 11) is 2.03. The van der Waals surface area contributed by atoms with Gasteiger partial charge in [-0.3, -0.25) is 32.7 Å². The number of aromatic nitrogens is 10. The first-order chi connectivity index (χ1) is 44.2. The molecule has 0 spiro atoms. The minimum Gasteiger partial charge on any atom is -0.512 e. The molecule has 29 heteroatoms. The van der Waals surface area contributed by atoms with Crippen LogP contribution in [-0.2, 0) is 60.3 Å². The topological polar surface area (TPSA) is 316 Å². The third-order valence-corrected chi connectivity index (χ3v) is 18.1. The normalized spacial score (nSPS) is 12.4. The third kappa shape index (κ3) is 17.0. The smallest absolute Gasteiger partial charge is 0.512 e. The molecule has 0 aliphatic carbocycles. The van der Waals surface area contributed by atoms with Crippen LogP contribution in [0.1, 0.15) is 137 Å². The molecule has 94 heavy (non-hydrogen) atoms. The molecule has 0 saturated carbocycles. The van der Waals surface area contributed by atoms with Crippen LogP contribution in [0.4, 0.5) is 4.39 Å². The van der Waals surface area contributed by atoms with E-state index in [9.17, 15) is 48.9 Å². The summed E-state index contributed by atoms with van der Waals surface area (Å²) in [6, 6.07) is 16.9. The predicted octanol–water partition coefficient (Wildman–Crippen LogP) is 10.9. The van der Waals surface area contributed by atoms with Crippen molar-refractivity contribution in [1.29, 1.82) is 21.0 Å². The van der Waals surface area contributed by atoms with E-state index < -0.39 is 63.8 Å². The molecule has 6 aromatic heterocycles. The van der Waals surface area contributed by atoms with Gasteiger partial charge in [0, 0.05) is 39.6 Å². The van der Waals surface area contributed by atoms with Crippen LogP contribution in [0.25, 0.3) is 30.4 Å². The van der Waals surface area contributed by atoms with E-state index in [1.807, 2.05) is 39.8 Å². The summed E-state index contributed by atoms with van der Waals surface area (Å²) in [5, 5.41) is 53.9. The predicted molar refractivity (Wildman–Crippen MR) is 354 cm³/mol. The van der Waals surface area contributed by atoms with Gasteiger partial charge in [0.15, 0.2) is 11.6 Å². The minimum atomic E-state index is -1.47. The fraction of sp³-hybridized carbons (Fsp3) is 0.477. The molecule has 0 bridgehead atoms. The third-order valence-electron chi connectivity index (χ3n) is 15.1. The SMILES string of the molecule is COc1ccc(Br)cc1[C@H](Cn1c(=O)n(C(C)(C)C(=O)CC(C)C)c(=O)c2c(C)c(-n3nccn3)sc21)OCC(C)(C)C#N.COc1ccc(C#N)cc1[C@H](Cn1c(=O)n(C(C)(C)C(=O)CC(C)C)c(=O)c2c(C)c(-n3nccn3)sc21)OCC(C)(C)C#N.[2H]CF.[C-]#N.[Cu+]. The zero-order chi connectivity index (χ0) is 70.5. The fourth-order valence-corrected chi connectivity index (χ4v) is 12.8. The average Bonchev–Trinajstić information content (AvgIpc) is 1.66. The molecule has 6 heterocycles. The second kappa shape index (κ2) is 32.7. The average molecular weight is 1440 g/mol. The summed E-state index contributed by atoms with van der Waals surface area (Å²) in [4.78, 5) is 88.0. The van der Waals surface area contributed by atoms with Gasteiger partial charge in [-0.25, -0.2) is 18.7 Å². The number of nitrogens with zero attached hydrogens (tertiary/aromatic N) is 14. The first-order valence-electron chi connectivity index (χ1n) is 29.8. The maximum absolute atomic E-state index is 14.5. The molecule has 0 N–H and O–H groups in total. The number of Topliss-reactive ketones (excluding diaryl/α,β-unsaturated/α-hetero) is 2. The molecule has 504 valence electrons. The molecular weight excluding hydrogens is 1360 g/mol. The van der Waals surface area contributed by atoms with Crippen molar-refractivity contribution >= 4 is 70.6 Å². The van der Waals surface area contributed by atoms with E-state index in [-0.39, 0.29) is 85.0 Å². The Bertz CT molecular complexity index is 4430. The molecule has 0 amide bonds. The van der Waals surface area contributed by atoms with Crippen LogP contribution in [0.5, 0.6) is 11.5 Å². The van der Waals surface area contributed by atoms with E-state index in [4.69, 9.17) is 32.2 Å². The largest absolute Gasteiger partial charge is 1.00 e. The van der Waals surface area contributed by atoms with Gasteiger partial charge in [-0.1, -0.05) is 66.3 Å². The van der Waals surface area contributed by atoms with Crippen LogP contribution in [-0.4, -0.2) is 94.4 Å². The molecule has 0 radical (unpaired) electrons. The van der Waals surface area contributed by atoms with E-state index in [0.29, 0.717) is 64.4 Å². The number of rotatable bonds is 24. The Balaban J connectivity index is 0.000000375. The van der Waals surface area contributed by atoms with Crippen LogP contribution in [0.15, 0.2) is 84.8 Å². The molecule has 0 saturated heterocycles. The number of alkyl halides is 1. The van der Waals surface area contributed by atoms with Crippen molar-refractivity contribution in [2.45, 2.75) is 146 Å². The quantitative estimate of drug-likeness (QED) is 0.0401. The number of fused-ring (bicyclic) bond motifs is 2. The van der Waals surface area contributed by atoms with Gasteiger partial charge in [0.2, 0.25) is 0 Å². The number of nitriles is 3. The van der Waals surface area contributed by atoms with E-state index in [1.165, 1.54) is 73.3 Å². The van der Waals surface area contributed by atoms with Crippen LogP contribution < -0.4 is 32.0 Å². The van der Waals surface area contributed by atoms with E-state index in [0.717, 1.165) is 13.6 Å². The number of methoxy groups -OCH3 is 2. The van der Waals surface area contributed by atoms with Gasteiger partial charge in [0.25, 0.3) is 11.1 Å². The van der Waals surface area contributed by atoms with Crippen molar-refractivity contribution in [2.24, 2.45) is 22.7 Å². The minimum absolute atomic E-state index is 0. The summed E-state index contributed by atoms with van der Waals surface area (Å²) in [6.45, 7) is 29.2. The molecule has 8 aromatic rings. The molecule has 0 unspecified atom stereocenters. The summed E-state index contributed by atoms with van der Waals surface area (Å²) >= 11 is 5.90.